The van der Waals surface area contributed by atoms with Crippen molar-refractivity contribution in [3.05, 3.63) is 23.4 Å². The van der Waals surface area contributed by atoms with E-state index < -0.39 is 0 Å². The lowest BCUT2D eigenvalue weighted by molar-refractivity contribution is -0.121. The third kappa shape index (κ3) is 2.01. The SMILES string of the molecule is Cc1cc(N)ncc1C1CCCCN1C=O. The minimum absolute atomic E-state index is 0.180. The number of amides is 1. The van der Waals surface area contributed by atoms with Crippen LogP contribution in [0.15, 0.2) is 12.3 Å². The smallest absolute Gasteiger partial charge is 0.210 e. The van der Waals surface area contributed by atoms with E-state index in [-0.39, 0.29) is 6.04 Å². The van der Waals surface area contributed by atoms with Gasteiger partial charge in [-0.1, -0.05) is 0 Å². The standard InChI is InChI=1S/C12H17N3O/c1-9-6-12(13)14-7-10(9)11-4-2-3-5-15(11)8-16/h6-8,11H,2-5H2,1H3,(H2,13,14). The molecule has 16 heavy (non-hydrogen) atoms. The minimum Gasteiger partial charge on any atom is -0.384 e. The van der Waals surface area contributed by atoms with Crippen molar-refractivity contribution in [2.24, 2.45) is 0 Å². The maximum atomic E-state index is 11.0. The maximum Gasteiger partial charge on any atom is 0.210 e. The fraction of sp³-hybridized carbons (Fsp3) is 0.500. The Labute approximate surface area is 95.5 Å². The summed E-state index contributed by atoms with van der Waals surface area (Å²) in [6, 6.07) is 2.05. The van der Waals surface area contributed by atoms with Gasteiger partial charge in [-0.2, -0.15) is 0 Å². The van der Waals surface area contributed by atoms with Crippen LogP contribution in [0.2, 0.25) is 0 Å². The largest absolute Gasteiger partial charge is 0.384 e. The van der Waals surface area contributed by atoms with Gasteiger partial charge in [-0.25, -0.2) is 4.98 Å². The van der Waals surface area contributed by atoms with E-state index in [0.29, 0.717) is 5.82 Å². The Kier molecular flexibility index (Phi) is 3.08. The van der Waals surface area contributed by atoms with Crippen LogP contribution >= 0.6 is 0 Å². The number of piperidine rings is 1. The normalized spacial score (nSPS) is 20.8. The first-order valence-corrected chi connectivity index (χ1v) is 5.65. The summed E-state index contributed by atoms with van der Waals surface area (Å²) in [5.74, 6) is 0.537. The third-order valence-corrected chi connectivity index (χ3v) is 3.21. The molecule has 1 aliphatic rings. The van der Waals surface area contributed by atoms with Crippen molar-refractivity contribution in [1.82, 2.24) is 9.88 Å². The summed E-state index contributed by atoms with van der Waals surface area (Å²) in [5.41, 5.74) is 7.87. The predicted octanol–water partition coefficient (Wildman–Crippen LogP) is 1.66. The maximum absolute atomic E-state index is 11.0. The molecule has 4 heteroatoms. The highest BCUT2D eigenvalue weighted by molar-refractivity contribution is 5.50. The molecule has 1 aromatic rings. The highest BCUT2D eigenvalue weighted by Gasteiger charge is 2.24. The number of likely N-dealkylation sites (tertiary alicyclic amines) is 1. The lowest BCUT2D eigenvalue weighted by Gasteiger charge is -2.33. The van der Waals surface area contributed by atoms with Crippen molar-refractivity contribution >= 4 is 12.2 Å². The van der Waals surface area contributed by atoms with Crippen LogP contribution in [0.4, 0.5) is 5.82 Å². The summed E-state index contributed by atoms with van der Waals surface area (Å²) in [5, 5.41) is 0. The third-order valence-electron chi connectivity index (χ3n) is 3.21. The molecule has 86 valence electrons. The number of pyridine rings is 1. The summed E-state index contributed by atoms with van der Waals surface area (Å²) < 4.78 is 0. The van der Waals surface area contributed by atoms with Gasteiger partial charge in [0.05, 0.1) is 6.04 Å². The number of nitrogens with two attached hydrogens (primary N) is 1. The molecule has 2 heterocycles. The van der Waals surface area contributed by atoms with Gasteiger partial charge < -0.3 is 10.6 Å². The number of hydrogen-bond donors (Lipinski definition) is 1. The quantitative estimate of drug-likeness (QED) is 0.769. The van der Waals surface area contributed by atoms with Gasteiger partial charge >= 0.3 is 0 Å². The number of anilines is 1. The molecule has 0 aliphatic carbocycles. The number of nitrogens with zero attached hydrogens (tertiary/aromatic N) is 2. The Morgan fingerprint density at radius 2 is 2.38 bits per heavy atom. The second-order valence-corrected chi connectivity index (χ2v) is 4.32. The van der Waals surface area contributed by atoms with Crippen molar-refractivity contribution in [3.63, 3.8) is 0 Å². The summed E-state index contributed by atoms with van der Waals surface area (Å²) in [4.78, 5) is 17.0. The molecule has 0 radical (unpaired) electrons. The van der Waals surface area contributed by atoms with Crippen molar-refractivity contribution in [1.29, 1.82) is 0 Å². The van der Waals surface area contributed by atoms with Gasteiger partial charge in [0, 0.05) is 12.7 Å². The minimum atomic E-state index is 0.180. The highest BCUT2D eigenvalue weighted by Crippen LogP contribution is 2.31. The van der Waals surface area contributed by atoms with Crippen molar-refractivity contribution < 1.29 is 4.79 Å². The first-order chi connectivity index (χ1) is 7.72. The molecule has 2 N–H and O–H groups in total. The van der Waals surface area contributed by atoms with Crippen LogP contribution in [0, 0.1) is 6.92 Å². The van der Waals surface area contributed by atoms with Crippen LogP contribution in [-0.2, 0) is 4.79 Å². The molecule has 1 unspecified atom stereocenters. The van der Waals surface area contributed by atoms with Gasteiger partial charge in [0.25, 0.3) is 0 Å². The molecule has 1 amide bonds. The van der Waals surface area contributed by atoms with Gasteiger partial charge in [0.2, 0.25) is 6.41 Å². The fourth-order valence-corrected chi connectivity index (χ4v) is 2.35. The monoisotopic (exact) mass is 219 g/mol. The number of hydrogen-bond acceptors (Lipinski definition) is 3. The first kappa shape index (κ1) is 10.9. The van der Waals surface area contributed by atoms with E-state index >= 15 is 0 Å². The summed E-state index contributed by atoms with van der Waals surface area (Å²) in [7, 11) is 0. The first-order valence-electron chi connectivity index (χ1n) is 5.65. The zero-order valence-corrected chi connectivity index (χ0v) is 9.52. The number of carbonyl (C=O) groups is 1. The van der Waals surface area contributed by atoms with Crippen molar-refractivity contribution in [3.8, 4) is 0 Å². The molecule has 1 fully saturated rings. The van der Waals surface area contributed by atoms with Gasteiger partial charge in [-0.3, -0.25) is 4.79 Å². The van der Waals surface area contributed by atoms with E-state index in [1.165, 1.54) is 6.42 Å². The van der Waals surface area contributed by atoms with E-state index in [0.717, 1.165) is 36.9 Å². The summed E-state index contributed by atoms with van der Waals surface area (Å²) in [6.07, 6.45) is 6.03. The second kappa shape index (κ2) is 4.51. The molecular weight excluding hydrogens is 202 g/mol. The molecule has 4 nitrogen and oxygen atoms in total. The fourth-order valence-electron chi connectivity index (χ4n) is 2.35. The Morgan fingerprint density at radius 1 is 1.56 bits per heavy atom. The molecule has 2 rings (SSSR count). The van der Waals surface area contributed by atoms with E-state index in [1.807, 2.05) is 17.9 Å². The van der Waals surface area contributed by atoms with Gasteiger partial charge in [-0.15, -0.1) is 0 Å². The van der Waals surface area contributed by atoms with Crippen LogP contribution in [-0.4, -0.2) is 22.8 Å². The average Bonchev–Trinajstić information content (AvgIpc) is 2.29. The van der Waals surface area contributed by atoms with Gasteiger partial charge in [-0.05, 0) is 43.4 Å². The highest BCUT2D eigenvalue weighted by atomic mass is 16.1. The zero-order valence-electron chi connectivity index (χ0n) is 9.52. The Bertz CT molecular complexity index is 392. The molecular formula is C12H17N3O. The lowest BCUT2D eigenvalue weighted by Crippen LogP contribution is -2.32. The Balaban J connectivity index is 2.30. The molecule has 0 bridgehead atoms. The van der Waals surface area contributed by atoms with Gasteiger partial charge in [0.1, 0.15) is 5.82 Å². The number of carbonyl (C=O) groups excluding carboxylic acids is 1. The summed E-state index contributed by atoms with van der Waals surface area (Å²) >= 11 is 0. The number of aromatic nitrogens is 1. The molecule has 0 aromatic carbocycles. The number of rotatable bonds is 2. The second-order valence-electron chi connectivity index (χ2n) is 4.32. The topological polar surface area (TPSA) is 59.2 Å². The van der Waals surface area contributed by atoms with Crippen LogP contribution in [0.3, 0.4) is 0 Å². The van der Waals surface area contributed by atoms with E-state index in [4.69, 9.17) is 5.73 Å². The number of aryl methyl sites for hydroxylation is 1. The van der Waals surface area contributed by atoms with Crippen molar-refractivity contribution in [2.75, 3.05) is 12.3 Å². The van der Waals surface area contributed by atoms with E-state index in [2.05, 4.69) is 4.98 Å². The lowest BCUT2D eigenvalue weighted by atomic mass is 9.94. The number of nitrogen functional groups attached to an aromatic ring is 1. The molecule has 1 saturated heterocycles. The van der Waals surface area contributed by atoms with Gasteiger partial charge in [0.15, 0.2) is 0 Å². The average molecular weight is 219 g/mol. The van der Waals surface area contributed by atoms with Crippen LogP contribution < -0.4 is 5.73 Å². The molecule has 1 atom stereocenters. The van der Waals surface area contributed by atoms with E-state index in [9.17, 15) is 4.79 Å². The summed E-state index contributed by atoms with van der Waals surface area (Å²) in [6.45, 7) is 2.86. The molecule has 1 aromatic heterocycles. The molecule has 0 spiro atoms. The predicted molar refractivity (Wildman–Crippen MR) is 62.7 cm³/mol. The van der Waals surface area contributed by atoms with Crippen molar-refractivity contribution in [2.45, 2.75) is 32.2 Å². The van der Waals surface area contributed by atoms with Crippen LogP contribution in [0.5, 0.6) is 0 Å². The van der Waals surface area contributed by atoms with Crippen LogP contribution in [0.1, 0.15) is 36.4 Å². The Morgan fingerprint density at radius 3 is 3.06 bits per heavy atom. The molecule has 0 saturated carbocycles. The molecule has 1 aliphatic heterocycles. The Hall–Kier alpha value is -1.58. The van der Waals surface area contributed by atoms with Crippen LogP contribution in [0.25, 0.3) is 0 Å². The zero-order chi connectivity index (χ0) is 11.5. The van der Waals surface area contributed by atoms with E-state index in [1.54, 1.807) is 6.20 Å².